The standard InChI is InChI=1S/C60H70N2O4Si8/c1-11-67(3,4)63-69(7,8)65-73(57-45-29-17-30-46-57,58-47-31-18-32-48-58)61-71(53-37-21-13-22-38-53,54-39-23-14-24-40-54)62(72(61,55-41-25-15-26-42-55)56-43-27-16-28-44-56)74(59-49-33-19-34-50-59,60-51-35-20-36-52-60)66-70(9,10)64-68(5,6)12-2/h11-52H,1-2H2,3-10H3. The van der Waals surface area contributed by atoms with Crippen LogP contribution in [0.2, 0.25) is 52.4 Å². The predicted octanol–water partition coefficient (Wildman–Crippen LogP) is 8.96. The summed E-state index contributed by atoms with van der Waals surface area (Å²) < 4.78 is 38.9. The van der Waals surface area contributed by atoms with Gasteiger partial charge in [-0.15, -0.1) is 13.2 Å². The van der Waals surface area contributed by atoms with Crippen LogP contribution in [0.3, 0.4) is 0 Å². The molecule has 74 heavy (non-hydrogen) atoms. The van der Waals surface area contributed by atoms with E-state index in [9.17, 15) is 0 Å². The molecule has 8 aromatic rings. The lowest BCUT2D eigenvalue weighted by Gasteiger charge is -2.78. The Morgan fingerprint density at radius 1 is 0.297 bits per heavy atom. The molecule has 1 heterocycles. The van der Waals surface area contributed by atoms with Crippen molar-refractivity contribution in [2.24, 2.45) is 0 Å². The molecule has 0 aromatic heterocycles. The van der Waals surface area contributed by atoms with Gasteiger partial charge in [0.1, 0.15) is 0 Å². The Bertz CT molecular complexity index is 2740. The molecule has 1 aliphatic rings. The Kier molecular flexibility index (Phi) is 15.5. The van der Waals surface area contributed by atoms with Crippen molar-refractivity contribution >= 4 is 109 Å². The van der Waals surface area contributed by atoms with Gasteiger partial charge in [-0.3, -0.25) is 0 Å². The Balaban J connectivity index is 1.62. The van der Waals surface area contributed by atoms with Gasteiger partial charge in [-0.2, -0.15) is 0 Å². The van der Waals surface area contributed by atoms with Crippen LogP contribution in [0.4, 0.5) is 0 Å². The van der Waals surface area contributed by atoms with Crippen LogP contribution >= 0.6 is 0 Å². The van der Waals surface area contributed by atoms with Crippen molar-refractivity contribution in [1.82, 2.24) is 7.79 Å². The fourth-order valence-electron chi connectivity index (χ4n) is 11.5. The number of hydrogen-bond acceptors (Lipinski definition) is 6. The van der Waals surface area contributed by atoms with E-state index in [1.165, 1.54) is 20.7 Å². The summed E-state index contributed by atoms with van der Waals surface area (Å²) in [6.45, 7) is 26.7. The zero-order chi connectivity index (χ0) is 52.3. The summed E-state index contributed by atoms with van der Waals surface area (Å²) in [5, 5.41) is 9.59. The highest BCUT2D eigenvalue weighted by atomic mass is 28.6. The lowest BCUT2D eigenvalue weighted by molar-refractivity contribution is 0.368. The second-order valence-corrected chi connectivity index (χ2v) is 52.4. The van der Waals surface area contributed by atoms with E-state index in [4.69, 9.17) is 16.5 Å². The van der Waals surface area contributed by atoms with Gasteiger partial charge in [-0.1, -0.05) is 254 Å². The first-order chi connectivity index (χ1) is 35.5. The zero-order valence-electron chi connectivity index (χ0n) is 44.2. The molecule has 0 aliphatic carbocycles. The molecule has 376 valence electrons. The summed E-state index contributed by atoms with van der Waals surface area (Å²) in [6, 6.07) is 90.6. The van der Waals surface area contributed by atoms with Crippen molar-refractivity contribution < 1.29 is 16.5 Å². The van der Waals surface area contributed by atoms with Crippen LogP contribution in [-0.2, 0) is 16.5 Å². The monoisotopic (exact) mass is 1110 g/mol. The number of hydrogen-bond donors (Lipinski definition) is 0. The molecule has 14 heteroatoms. The molecule has 0 N–H and O–H groups in total. The minimum atomic E-state index is -3.96. The second-order valence-electron chi connectivity index (χ2n) is 21.1. The van der Waals surface area contributed by atoms with Gasteiger partial charge in [-0.05, 0) is 93.9 Å². The molecule has 0 atom stereocenters. The molecular formula is C60H70N2O4Si8. The molecule has 1 saturated heterocycles. The SMILES string of the molecule is C=C[Si](C)(C)O[Si](C)(C)O[Si](c1ccccc1)(c1ccccc1)N1[Si](c2ccccc2)(c2ccccc2)N([Si](O[Si](C)(C)O[Si](C)(C)C=C)(c2ccccc2)c2ccccc2)[Si]1(c1ccccc1)c1ccccc1. The fourth-order valence-corrected chi connectivity index (χ4v) is 67.3. The molecule has 1 fully saturated rings. The lowest BCUT2D eigenvalue weighted by Crippen LogP contribution is -3.15. The van der Waals surface area contributed by atoms with Crippen molar-refractivity contribution in [1.29, 1.82) is 0 Å². The van der Waals surface area contributed by atoms with Crippen LogP contribution in [0, 0.1) is 0 Å². The maximum Gasteiger partial charge on any atom is 0.319 e. The van der Waals surface area contributed by atoms with E-state index in [1.807, 2.05) is 11.4 Å². The molecule has 0 bridgehead atoms. The highest BCUT2D eigenvalue weighted by molar-refractivity contribution is 7.39. The van der Waals surface area contributed by atoms with Gasteiger partial charge in [0.15, 0.2) is 16.6 Å². The van der Waals surface area contributed by atoms with Gasteiger partial charge < -0.3 is 24.3 Å². The Labute approximate surface area is 449 Å². The third-order valence-corrected chi connectivity index (χ3v) is 54.9. The van der Waals surface area contributed by atoms with E-state index >= 15 is 0 Å². The van der Waals surface area contributed by atoms with Gasteiger partial charge in [0.05, 0.1) is 0 Å². The quantitative estimate of drug-likeness (QED) is 0.0712. The first kappa shape index (κ1) is 53.6. The van der Waals surface area contributed by atoms with Gasteiger partial charge in [0.2, 0.25) is 0 Å². The summed E-state index contributed by atoms with van der Waals surface area (Å²) in [5.74, 6) is 0. The van der Waals surface area contributed by atoms with Crippen LogP contribution in [0.1, 0.15) is 0 Å². The highest BCUT2D eigenvalue weighted by Crippen LogP contribution is 2.48. The molecule has 0 spiro atoms. The molecule has 9 rings (SSSR count). The Morgan fingerprint density at radius 3 is 0.676 bits per heavy atom. The van der Waals surface area contributed by atoms with Gasteiger partial charge in [0.25, 0.3) is 16.8 Å². The minimum Gasteiger partial charge on any atom is -0.433 e. The van der Waals surface area contributed by atoms with Crippen LogP contribution in [0.15, 0.2) is 267 Å². The van der Waals surface area contributed by atoms with Crippen molar-refractivity contribution in [2.45, 2.75) is 52.4 Å². The van der Waals surface area contributed by atoms with E-state index < -0.39 is 67.5 Å². The first-order valence-electron chi connectivity index (χ1n) is 25.7. The fraction of sp³-hybridized carbons (Fsp3) is 0.133. The Morgan fingerprint density at radius 2 is 0.486 bits per heavy atom. The average molecular weight is 1110 g/mol. The molecule has 0 unspecified atom stereocenters. The third kappa shape index (κ3) is 9.66. The van der Waals surface area contributed by atoms with E-state index in [1.54, 1.807) is 0 Å². The maximum atomic E-state index is 8.75. The van der Waals surface area contributed by atoms with Crippen molar-refractivity contribution in [2.75, 3.05) is 0 Å². The predicted molar refractivity (Wildman–Crippen MR) is 330 cm³/mol. The van der Waals surface area contributed by atoms with Crippen molar-refractivity contribution in [3.63, 3.8) is 0 Å². The number of nitrogens with zero attached hydrogens (tertiary/aromatic N) is 2. The summed E-state index contributed by atoms with van der Waals surface area (Å²) in [5.41, 5.74) is 4.10. The van der Waals surface area contributed by atoms with E-state index in [2.05, 4.69) is 316 Å². The van der Waals surface area contributed by atoms with Gasteiger partial charge in [0, 0.05) is 0 Å². The molecule has 8 aromatic carbocycles. The van der Waals surface area contributed by atoms with E-state index in [0.717, 1.165) is 20.7 Å². The summed E-state index contributed by atoms with van der Waals surface area (Å²) in [4.78, 5) is 0. The summed E-state index contributed by atoms with van der Waals surface area (Å²) in [6.07, 6.45) is 0. The Hall–Kier alpha value is -5.26. The summed E-state index contributed by atoms with van der Waals surface area (Å²) in [7, 11) is -27.0. The second kappa shape index (κ2) is 21.4. The topological polar surface area (TPSA) is 43.4 Å². The normalized spacial score (nSPS) is 15.5. The number of rotatable bonds is 20. The first-order valence-corrected chi connectivity index (χ1v) is 44.8. The minimum absolute atomic E-state index is 1.16. The van der Waals surface area contributed by atoms with Crippen LogP contribution < -0.4 is 41.5 Å². The van der Waals surface area contributed by atoms with Gasteiger partial charge in [-0.25, -0.2) is 0 Å². The largest absolute Gasteiger partial charge is 0.433 e. The van der Waals surface area contributed by atoms with E-state index in [0.29, 0.717) is 0 Å². The third-order valence-electron chi connectivity index (χ3n) is 14.1. The van der Waals surface area contributed by atoms with Crippen LogP contribution in [0.5, 0.6) is 0 Å². The lowest BCUT2D eigenvalue weighted by atomic mass is 10.4. The zero-order valence-corrected chi connectivity index (χ0v) is 52.2. The summed E-state index contributed by atoms with van der Waals surface area (Å²) >= 11 is 0. The smallest absolute Gasteiger partial charge is 0.319 e. The molecule has 0 radical (unpaired) electrons. The highest BCUT2D eigenvalue weighted by Gasteiger charge is 2.85. The van der Waals surface area contributed by atoms with Crippen LogP contribution in [0.25, 0.3) is 0 Å². The molecule has 1 aliphatic heterocycles. The van der Waals surface area contributed by atoms with E-state index in [-0.39, 0.29) is 0 Å². The molecule has 0 saturated carbocycles. The van der Waals surface area contributed by atoms with Crippen molar-refractivity contribution in [3.8, 4) is 0 Å². The number of benzene rings is 8. The maximum absolute atomic E-state index is 8.75. The molecule has 6 nitrogen and oxygen atoms in total. The van der Waals surface area contributed by atoms with Crippen LogP contribution in [-0.4, -0.2) is 75.3 Å². The van der Waals surface area contributed by atoms with Gasteiger partial charge >= 0.3 is 34.1 Å². The average Bonchev–Trinajstić information content (AvgIpc) is 3.44. The van der Waals surface area contributed by atoms with Crippen molar-refractivity contribution in [3.05, 3.63) is 267 Å². The molecular weight excluding hydrogens is 1040 g/mol. The molecule has 0 amide bonds.